The molecule has 2 unspecified atom stereocenters. The Bertz CT molecular complexity index is 625. The molecule has 25 heavy (non-hydrogen) atoms. The van der Waals surface area contributed by atoms with E-state index < -0.39 is 0 Å². The average molecular weight is 348 g/mol. The fourth-order valence-corrected chi connectivity index (χ4v) is 3.42. The first-order chi connectivity index (χ1) is 12.0. The molecule has 0 bridgehead atoms. The first kappa shape index (κ1) is 17.8. The molecular weight excluding hydrogens is 323 g/mol. The molecule has 0 radical (unpaired) electrons. The van der Waals surface area contributed by atoms with Gasteiger partial charge in [0.25, 0.3) is 0 Å². The number of piperazine rings is 1. The number of nitrogens with zero attached hydrogens (tertiary/aromatic N) is 2. The van der Waals surface area contributed by atoms with Crippen LogP contribution in [-0.4, -0.2) is 66.4 Å². The predicted molar refractivity (Wildman–Crippen MR) is 93.7 cm³/mol. The van der Waals surface area contributed by atoms with Crippen LogP contribution in [0, 0.1) is 5.82 Å². The molecule has 0 aliphatic carbocycles. The summed E-state index contributed by atoms with van der Waals surface area (Å²) < 4.78 is 13.2. The second-order valence-electron chi connectivity index (χ2n) is 6.69. The third kappa shape index (κ3) is 4.35. The fraction of sp³-hybridized carbons (Fsp3) is 0.556. The van der Waals surface area contributed by atoms with Gasteiger partial charge < -0.3 is 15.5 Å². The maximum absolute atomic E-state index is 13.2. The summed E-state index contributed by atoms with van der Waals surface area (Å²) in [5, 5.41) is 5.99. The molecule has 2 fully saturated rings. The van der Waals surface area contributed by atoms with Crippen molar-refractivity contribution >= 4 is 17.5 Å². The molecule has 2 heterocycles. The first-order valence-corrected chi connectivity index (χ1v) is 8.87. The summed E-state index contributed by atoms with van der Waals surface area (Å²) in [4.78, 5) is 28.7. The van der Waals surface area contributed by atoms with Gasteiger partial charge in [-0.15, -0.1) is 0 Å². The molecule has 2 N–H and O–H groups in total. The summed E-state index contributed by atoms with van der Waals surface area (Å²) in [6.45, 7) is 5.34. The van der Waals surface area contributed by atoms with Crippen molar-refractivity contribution in [3.63, 3.8) is 0 Å². The van der Waals surface area contributed by atoms with Crippen molar-refractivity contribution in [2.24, 2.45) is 0 Å². The van der Waals surface area contributed by atoms with Crippen LogP contribution in [0.25, 0.3) is 0 Å². The van der Waals surface area contributed by atoms with Crippen LogP contribution in [0.3, 0.4) is 0 Å². The molecule has 2 saturated heterocycles. The predicted octanol–water partition coefficient (Wildman–Crippen LogP) is 1.05. The lowest BCUT2D eigenvalue weighted by Gasteiger charge is -2.38. The Hall–Kier alpha value is -1.99. The van der Waals surface area contributed by atoms with Crippen LogP contribution in [0.1, 0.15) is 19.8 Å². The van der Waals surface area contributed by atoms with Gasteiger partial charge in [0, 0.05) is 31.9 Å². The molecular formula is C18H25FN4O2. The van der Waals surface area contributed by atoms with Gasteiger partial charge in [-0.1, -0.05) is 6.07 Å². The zero-order valence-electron chi connectivity index (χ0n) is 14.5. The van der Waals surface area contributed by atoms with Crippen molar-refractivity contribution in [1.29, 1.82) is 0 Å². The Balaban J connectivity index is 1.49. The van der Waals surface area contributed by atoms with Crippen LogP contribution in [0.4, 0.5) is 10.1 Å². The highest BCUT2D eigenvalue weighted by atomic mass is 19.1. The smallest absolute Gasteiger partial charge is 0.241 e. The number of nitrogens with one attached hydrogen (secondary N) is 2. The van der Waals surface area contributed by atoms with E-state index in [9.17, 15) is 14.0 Å². The number of carbonyl (C=O) groups is 2. The Morgan fingerprint density at radius 1 is 1.28 bits per heavy atom. The quantitative estimate of drug-likeness (QED) is 0.854. The summed E-state index contributed by atoms with van der Waals surface area (Å²) in [5.41, 5.74) is 0.456. The second-order valence-corrected chi connectivity index (χ2v) is 6.69. The van der Waals surface area contributed by atoms with Crippen molar-refractivity contribution in [2.45, 2.75) is 31.8 Å². The highest BCUT2D eigenvalue weighted by Gasteiger charge is 2.31. The van der Waals surface area contributed by atoms with Gasteiger partial charge in [-0.3, -0.25) is 14.5 Å². The van der Waals surface area contributed by atoms with E-state index in [0.29, 0.717) is 31.9 Å². The van der Waals surface area contributed by atoms with Gasteiger partial charge >= 0.3 is 0 Å². The van der Waals surface area contributed by atoms with Crippen molar-refractivity contribution in [2.75, 3.05) is 38.0 Å². The number of rotatable bonds is 4. The van der Waals surface area contributed by atoms with Crippen molar-refractivity contribution < 1.29 is 14.0 Å². The molecule has 7 heteroatoms. The topological polar surface area (TPSA) is 64.7 Å². The van der Waals surface area contributed by atoms with Crippen LogP contribution in [-0.2, 0) is 9.59 Å². The van der Waals surface area contributed by atoms with Crippen molar-refractivity contribution in [1.82, 2.24) is 15.1 Å². The third-order valence-electron chi connectivity index (χ3n) is 5.00. The second kappa shape index (κ2) is 7.93. The Morgan fingerprint density at radius 2 is 2.04 bits per heavy atom. The largest absolute Gasteiger partial charge is 0.339 e. The third-order valence-corrected chi connectivity index (χ3v) is 5.00. The standard InChI is InChI=1S/C18H25FN4O2/c1-13(17(24)21-15-5-2-4-14(19)12-15)22-8-10-23(11-9-22)18(25)16-6-3-7-20-16/h2,4-5,12-13,16,20H,3,6-11H2,1H3,(H,21,24). The molecule has 1 aromatic carbocycles. The molecule has 2 aliphatic heterocycles. The van der Waals surface area contributed by atoms with Gasteiger partial charge in [0.2, 0.25) is 11.8 Å². The van der Waals surface area contributed by atoms with E-state index in [1.807, 2.05) is 11.8 Å². The van der Waals surface area contributed by atoms with Gasteiger partial charge in [-0.2, -0.15) is 0 Å². The van der Waals surface area contributed by atoms with E-state index in [-0.39, 0.29) is 29.7 Å². The monoisotopic (exact) mass is 348 g/mol. The van der Waals surface area contributed by atoms with Gasteiger partial charge in [0.05, 0.1) is 12.1 Å². The average Bonchev–Trinajstić information content (AvgIpc) is 3.15. The number of benzene rings is 1. The van der Waals surface area contributed by atoms with Gasteiger partial charge in [0.15, 0.2) is 0 Å². The number of hydrogen-bond acceptors (Lipinski definition) is 4. The summed E-state index contributed by atoms with van der Waals surface area (Å²) in [6, 6.07) is 5.51. The Kier molecular flexibility index (Phi) is 5.65. The van der Waals surface area contributed by atoms with Gasteiger partial charge in [-0.25, -0.2) is 4.39 Å². The molecule has 2 aliphatic rings. The lowest BCUT2D eigenvalue weighted by atomic mass is 10.1. The number of halogens is 1. The van der Waals surface area contributed by atoms with Gasteiger partial charge in [0.1, 0.15) is 5.82 Å². The molecule has 0 aromatic heterocycles. The molecule has 6 nitrogen and oxygen atoms in total. The lowest BCUT2D eigenvalue weighted by molar-refractivity contribution is -0.135. The number of amides is 2. The molecule has 1 aromatic rings. The molecule has 0 spiro atoms. The van der Waals surface area contributed by atoms with Crippen LogP contribution in [0.5, 0.6) is 0 Å². The van der Waals surface area contributed by atoms with E-state index in [2.05, 4.69) is 15.5 Å². The number of carbonyl (C=O) groups excluding carboxylic acids is 2. The SMILES string of the molecule is CC(C(=O)Nc1cccc(F)c1)N1CCN(C(=O)C2CCCN2)CC1. The minimum atomic E-state index is -0.377. The highest BCUT2D eigenvalue weighted by Crippen LogP contribution is 2.14. The summed E-state index contributed by atoms with van der Waals surface area (Å²) in [5.74, 6) is -0.366. The highest BCUT2D eigenvalue weighted by molar-refractivity contribution is 5.94. The summed E-state index contributed by atoms with van der Waals surface area (Å²) in [6.07, 6.45) is 1.96. The van der Waals surface area contributed by atoms with E-state index in [0.717, 1.165) is 19.4 Å². The van der Waals surface area contributed by atoms with E-state index in [4.69, 9.17) is 0 Å². The maximum atomic E-state index is 13.2. The van der Waals surface area contributed by atoms with Crippen LogP contribution >= 0.6 is 0 Å². The maximum Gasteiger partial charge on any atom is 0.241 e. The normalized spacial score (nSPS) is 22.6. The van der Waals surface area contributed by atoms with E-state index in [1.165, 1.54) is 12.1 Å². The van der Waals surface area contributed by atoms with Crippen LogP contribution in [0.15, 0.2) is 24.3 Å². The minimum Gasteiger partial charge on any atom is -0.339 e. The van der Waals surface area contributed by atoms with Crippen molar-refractivity contribution in [3.05, 3.63) is 30.1 Å². The number of hydrogen-bond donors (Lipinski definition) is 2. The van der Waals surface area contributed by atoms with Crippen molar-refractivity contribution in [3.8, 4) is 0 Å². The van der Waals surface area contributed by atoms with E-state index in [1.54, 1.807) is 12.1 Å². The summed E-state index contributed by atoms with van der Waals surface area (Å²) in [7, 11) is 0. The molecule has 2 amide bonds. The molecule has 2 atom stereocenters. The molecule has 0 saturated carbocycles. The summed E-state index contributed by atoms with van der Waals surface area (Å²) >= 11 is 0. The fourth-order valence-electron chi connectivity index (χ4n) is 3.42. The van der Waals surface area contributed by atoms with Crippen LogP contribution < -0.4 is 10.6 Å². The van der Waals surface area contributed by atoms with Crippen LogP contribution in [0.2, 0.25) is 0 Å². The Morgan fingerprint density at radius 3 is 2.68 bits per heavy atom. The lowest BCUT2D eigenvalue weighted by Crippen LogP contribution is -2.56. The van der Waals surface area contributed by atoms with Gasteiger partial charge in [-0.05, 0) is 44.5 Å². The molecule has 3 rings (SSSR count). The minimum absolute atomic E-state index is 0.0414. The Labute approximate surface area is 147 Å². The molecule has 136 valence electrons. The first-order valence-electron chi connectivity index (χ1n) is 8.87. The number of anilines is 1. The zero-order chi connectivity index (χ0) is 17.8. The van der Waals surface area contributed by atoms with E-state index >= 15 is 0 Å². The zero-order valence-corrected chi connectivity index (χ0v) is 14.5.